The second-order valence-corrected chi connectivity index (χ2v) is 5.90. The Morgan fingerprint density at radius 2 is 1.95 bits per heavy atom. The molecule has 3 nitrogen and oxygen atoms in total. The molecule has 0 radical (unpaired) electrons. The first-order valence-electron chi connectivity index (χ1n) is 7.58. The molecule has 0 aliphatic heterocycles. The largest absolute Gasteiger partial charge is 0.465 e. The van der Waals surface area contributed by atoms with Crippen LogP contribution in [-0.4, -0.2) is 18.1 Å². The predicted octanol–water partition coefficient (Wildman–Crippen LogP) is 2.85. The Bertz CT molecular complexity index is 468. The molecule has 0 saturated heterocycles. The Morgan fingerprint density at radius 3 is 2.60 bits per heavy atom. The third-order valence-corrected chi connectivity index (χ3v) is 4.44. The Kier molecular flexibility index (Phi) is 4.81. The Hall–Kier alpha value is -1.35. The highest BCUT2D eigenvalue weighted by atomic mass is 16.5. The van der Waals surface area contributed by atoms with Crippen LogP contribution in [0.25, 0.3) is 0 Å². The summed E-state index contributed by atoms with van der Waals surface area (Å²) in [6.45, 7) is 4.03. The fourth-order valence-electron chi connectivity index (χ4n) is 3.11. The number of aryl methyl sites for hydroxylation is 2. The molecule has 1 aromatic rings. The van der Waals surface area contributed by atoms with Crippen molar-refractivity contribution in [3.63, 3.8) is 0 Å². The van der Waals surface area contributed by atoms with Gasteiger partial charge >= 0.3 is 5.97 Å². The lowest BCUT2D eigenvalue weighted by Crippen LogP contribution is -2.52. The van der Waals surface area contributed by atoms with Crippen molar-refractivity contribution in [2.45, 2.75) is 51.5 Å². The highest BCUT2D eigenvalue weighted by molar-refractivity contribution is 5.80. The molecule has 1 aromatic carbocycles. The summed E-state index contributed by atoms with van der Waals surface area (Å²) >= 11 is 0. The van der Waals surface area contributed by atoms with Crippen molar-refractivity contribution in [2.24, 2.45) is 11.7 Å². The Morgan fingerprint density at radius 1 is 1.30 bits per heavy atom. The summed E-state index contributed by atoms with van der Waals surface area (Å²) in [6.07, 6.45) is 5.08. The molecule has 3 heteroatoms. The van der Waals surface area contributed by atoms with Gasteiger partial charge in [0.15, 0.2) is 0 Å². The first-order valence-corrected chi connectivity index (χ1v) is 7.58. The monoisotopic (exact) mass is 275 g/mol. The van der Waals surface area contributed by atoms with Crippen LogP contribution >= 0.6 is 0 Å². The van der Waals surface area contributed by atoms with E-state index in [2.05, 4.69) is 24.3 Å². The molecule has 0 aromatic heterocycles. The van der Waals surface area contributed by atoms with E-state index in [0.717, 1.165) is 32.1 Å². The molecule has 2 rings (SSSR count). The number of carbonyl (C=O) groups excluding carboxylic acids is 1. The standard InChI is InChI=1S/C17H25NO2/c1-3-20-16(19)17(2,18)15-10-6-9-13-7-4-5-8-14(13)11-12-15/h4-5,7-8,15H,3,6,9-12,18H2,1-2H3. The fraction of sp³-hybridized carbons (Fsp3) is 0.588. The van der Waals surface area contributed by atoms with Gasteiger partial charge in [-0.15, -0.1) is 0 Å². The molecule has 2 atom stereocenters. The molecule has 0 spiro atoms. The van der Waals surface area contributed by atoms with Gasteiger partial charge in [0, 0.05) is 0 Å². The van der Waals surface area contributed by atoms with Crippen molar-refractivity contribution >= 4 is 5.97 Å². The van der Waals surface area contributed by atoms with Crippen LogP contribution in [0.3, 0.4) is 0 Å². The predicted molar refractivity (Wildman–Crippen MR) is 80.4 cm³/mol. The van der Waals surface area contributed by atoms with Gasteiger partial charge in [0.1, 0.15) is 5.54 Å². The summed E-state index contributed by atoms with van der Waals surface area (Å²) in [5.41, 5.74) is 8.26. The van der Waals surface area contributed by atoms with Crippen molar-refractivity contribution < 1.29 is 9.53 Å². The molecule has 2 unspecified atom stereocenters. The normalized spacial score (nSPS) is 22.1. The minimum absolute atomic E-state index is 0.190. The van der Waals surface area contributed by atoms with E-state index in [1.165, 1.54) is 11.1 Å². The first-order chi connectivity index (χ1) is 9.55. The van der Waals surface area contributed by atoms with Gasteiger partial charge in [-0.25, -0.2) is 0 Å². The molecule has 1 aliphatic rings. The fourth-order valence-corrected chi connectivity index (χ4v) is 3.11. The van der Waals surface area contributed by atoms with Crippen molar-refractivity contribution in [3.8, 4) is 0 Å². The molecular formula is C17H25NO2. The zero-order chi connectivity index (χ0) is 14.6. The molecule has 0 amide bonds. The third kappa shape index (κ3) is 3.21. The van der Waals surface area contributed by atoms with Crippen LogP contribution in [0.15, 0.2) is 24.3 Å². The molecule has 0 saturated carbocycles. The number of nitrogens with two attached hydrogens (primary N) is 1. The van der Waals surface area contributed by atoms with E-state index >= 15 is 0 Å². The molecule has 1 aliphatic carbocycles. The number of hydrogen-bond acceptors (Lipinski definition) is 3. The number of fused-ring (bicyclic) bond motifs is 1. The van der Waals surface area contributed by atoms with Crippen LogP contribution in [0.1, 0.15) is 44.2 Å². The van der Waals surface area contributed by atoms with Gasteiger partial charge in [-0.05, 0) is 63.0 Å². The highest BCUT2D eigenvalue weighted by Crippen LogP contribution is 2.30. The average Bonchev–Trinajstić information content (AvgIpc) is 2.39. The summed E-state index contributed by atoms with van der Waals surface area (Å²) in [4.78, 5) is 12.1. The van der Waals surface area contributed by atoms with Gasteiger partial charge in [-0.3, -0.25) is 4.79 Å². The maximum atomic E-state index is 12.1. The second kappa shape index (κ2) is 6.40. The van der Waals surface area contributed by atoms with Gasteiger partial charge < -0.3 is 10.5 Å². The summed E-state index contributed by atoms with van der Waals surface area (Å²) in [5, 5.41) is 0. The van der Waals surface area contributed by atoms with Crippen molar-refractivity contribution in [1.29, 1.82) is 0 Å². The second-order valence-electron chi connectivity index (χ2n) is 5.90. The molecule has 0 fully saturated rings. The summed E-state index contributed by atoms with van der Waals surface area (Å²) in [7, 11) is 0. The van der Waals surface area contributed by atoms with Gasteiger partial charge in [-0.1, -0.05) is 24.3 Å². The number of carbonyl (C=O) groups is 1. The van der Waals surface area contributed by atoms with Gasteiger partial charge in [0.25, 0.3) is 0 Å². The van der Waals surface area contributed by atoms with Crippen LogP contribution in [-0.2, 0) is 22.4 Å². The van der Waals surface area contributed by atoms with E-state index in [1.807, 2.05) is 13.8 Å². The molecule has 0 heterocycles. The summed E-state index contributed by atoms with van der Waals surface area (Å²) < 4.78 is 5.14. The van der Waals surface area contributed by atoms with Crippen molar-refractivity contribution in [3.05, 3.63) is 35.4 Å². The van der Waals surface area contributed by atoms with Gasteiger partial charge in [0.05, 0.1) is 6.61 Å². The summed E-state index contributed by atoms with van der Waals surface area (Å²) in [5.74, 6) is -0.0752. The van der Waals surface area contributed by atoms with Crippen LogP contribution in [0, 0.1) is 5.92 Å². The van der Waals surface area contributed by atoms with Gasteiger partial charge in [0.2, 0.25) is 0 Å². The van der Waals surface area contributed by atoms with E-state index in [-0.39, 0.29) is 11.9 Å². The van der Waals surface area contributed by atoms with Crippen molar-refractivity contribution in [1.82, 2.24) is 0 Å². The minimum Gasteiger partial charge on any atom is -0.465 e. The maximum absolute atomic E-state index is 12.1. The zero-order valence-corrected chi connectivity index (χ0v) is 12.5. The Labute approximate surface area is 121 Å². The van der Waals surface area contributed by atoms with Crippen LogP contribution in [0.4, 0.5) is 0 Å². The van der Waals surface area contributed by atoms with E-state index in [1.54, 1.807) is 0 Å². The van der Waals surface area contributed by atoms with Gasteiger partial charge in [-0.2, -0.15) is 0 Å². The molecule has 0 bridgehead atoms. The SMILES string of the molecule is CCOC(=O)C(C)(N)C1CCCc2ccccc2CC1. The first kappa shape index (κ1) is 15.0. The lowest BCUT2D eigenvalue weighted by Gasteiger charge is -2.33. The summed E-state index contributed by atoms with van der Waals surface area (Å²) in [6, 6.07) is 8.59. The quantitative estimate of drug-likeness (QED) is 0.863. The lowest BCUT2D eigenvalue weighted by atomic mass is 9.77. The molecule has 2 N–H and O–H groups in total. The number of rotatable bonds is 3. The van der Waals surface area contributed by atoms with E-state index in [4.69, 9.17) is 10.5 Å². The van der Waals surface area contributed by atoms with Crippen LogP contribution < -0.4 is 5.73 Å². The van der Waals surface area contributed by atoms with Crippen LogP contribution in [0.5, 0.6) is 0 Å². The van der Waals surface area contributed by atoms with E-state index < -0.39 is 5.54 Å². The maximum Gasteiger partial charge on any atom is 0.326 e. The lowest BCUT2D eigenvalue weighted by molar-refractivity contribution is -0.151. The minimum atomic E-state index is -0.873. The smallest absolute Gasteiger partial charge is 0.326 e. The third-order valence-electron chi connectivity index (χ3n) is 4.44. The number of ether oxygens (including phenoxy) is 1. The number of benzene rings is 1. The molecule has 110 valence electrons. The Balaban J connectivity index is 2.11. The molecular weight excluding hydrogens is 250 g/mol. The topological polar surface area (TPSA) is 52.3 Å². The number of hydrogen-bond donors (Lipinski definition) is 1. The van der Waals surface area contributed by atoms with E-state index in [0.29, 0.717) is 6.61 Å². The number of esters is 1. The molecule has 20 heavy (non-hydrogen) atoms. The van der Waals surface area contributed by atoms with Crippen molar-refractivity contribution in [2.75, 3.05) is 6.61 Å². The highest BCUT2D eigenvalue weighted by Gasteiger charge is 2.38. The average molecular weight is 275 g/mol. The zero-order valence-electron chi connectivity index (χ0n) is 12.5. The van der Waals surface area contributed by atoms with E-state index in [9.17, 15) is 4.79 Å². The van der Waals surface area contributed by atoms with Crippen LogP contribution in [0.2, 0.25) is 0 Å².